The minimum absolute atomic E-state index is 0.0180. The standard InChI is InChI=1S/C27H31N3O5S/c1-6-10-29-22-14-23(35-5)19(12-21(22)17(2)15-27(29,3)4)13-24-25(31)28(26(32)36-24)16-18-8-7-9-20(11-18)30(33)34/h7-9,11-14,17H,6,10,15-16H2,1-5H3/b24-13+. The molecule has 0 aromatic heterocycles. The van der Waals surface area contributed by atoms with E-state index in [1.165, 1.54) is 17.7 Å². The Morgan fingerprint density at radius 2 is 2.00 bits per heavy atom. The van der Waals surface area contributed by atoms with E-state index in [1.807, 2.05) is 6.07 Å². The van der Waals surface area contributed by atoms with E-state index in [-0.39, 0.29) is 17.8 Å². The number of methoxy groups -OCH3 is 1. The molecule has 0 bridgehead atoms. The Morgan fingerprint density at radius 3 is 2.67 bits per heavy atom. The predicted octanol–water partition coefficient (Wildman–Crippen LogP) is 6.34. The molecule has 0 aliphatic carbocycles. The van der Waals surface area contributed by atoms with Gasteiger partial charge in [0.05, 0.1) is 23.5 Å². The SMILES string of the molecule is CCCN1c2cc(OC)c(/C=C3/SC(=O)N(Cc4cccc([N+](=O)[O-])c4)C3=O)cc2C(C)CC1(C)C. The Balaban J connectivity index is 1.67. The first kappa shape index (κ1) is 25.8. The molecule has 2 heterocycles. The molecule has 190 valence electrons. The van der Waals surface area contributed by atoms with Gasteiger partial charge in [0.2, 0.25) is 0 Å². The highest BCUT2D eigenvalue weighted by Crippen LogP contribution is 2.46. The van der Waals surface area contributed by atoms with E-state index in [9.17, 15) is 19.7 Å². The Morgan fingerprint density at radius 1 is 1.25 bits per heavy atom. The summed E-state index contributed by atoms with van der Waals surface area (Å²) in [6.45, 7) is 9.82. The van der Waals surface area contributed by atoms with Gasteiger partial charge in [0.25, 0.3) is 16.8 Å². The quantitative estimate of drug-likeness (QED) is 0.244. The maximum Gasteiger partial charge on any atom is 0.293 e. The van der Waals surface area contributed by atoms with Crippen molar-refractivity contribution >= 4 is 40.4 Å². The van der Waals surface area contributed by atoms with Gasteiger partial charge in [-0.2, -0.15) is 0 Å². The Bertz CT molecular complexity index is 1260. The fraction of sp³-hybridized carbons (Fsp3) is 0.407. The van der Waals surface area contributed by atoms with Gasteiger partial charge < -0.3 is 9.64 Å². The number of carbonyl (C=O) groups is 2. The number of hydrogen-bond donors (Lipinski definition) is 0. The molecular weight excluding hydrogens is 478 g/mol. The molecular formula is C27H31N3O5S. The molecule has 1 atom stereocenters. The van der Waals surface area contributed by atoms with Gasteiger partial charge in [-0.25, -0.2) is 0 Å². The number of rotatable bonds is 7. The lowest BCUT2D eigenvalue weighted by atomic mass is 9.79. The molecule has 1 unspecified atom stereocenters. The number of nitro benzene ring substituents is 1. The Hall–Kier alpha value is -3.33. The van der Waals surface area contributed by atoms with Crippen molar-refractivity contribution in [3.05, 3.63) is 68.1 Å². The fourth-order valence-electron chi connectivity index (χ4n) is 5.19. The third kappa shape index (κ3) is 4.84. The first-order chi connectivity index (χ1) is 17.1. The van der Waals surface area contributed by atoms with Gasteiger partial charge >= 0.3 is 0 Å². The largest absolute Gasteiger partial charge is 0.496 e. The van der Waals surface area contributed by atoms with Crippen LogP contribution in [0.5, 0.6) is 5.75 Å². The number of benzene rings is 2. The second-order valence-electron chi connectivity index (χ2n) is 9.92. The summed E-state index contributed by atoms with van der Waals surface area (Å²) in [5, 5.41) is 10.7. The molecule has 2 aromatic carbocycles. The van der Waals surface area contributed by atoms with E-state index in [0.29, 0.717) is 22.1 Å². The number of non-ortho nitro benzene ring substituents is 1. The molecule has 36 heavy (non-hydrogen) atoms. The average Bonchev–Trinajstić information content (AvgIpc) is 3.08. The third-order valence-electron chi connectivity index (χ3n) is 6.81. The van der Waals surface area contributed by atoms with Crippen LogP contribution in [0, 0.1) is 10.1 Å². The number of carbonyl (C=O) groups excluding carboxylic acids is 2. The van der Waals surface area contributed by atoms with Gasteiger partial charge in [-0.3, -0.25) is 24.6 Å². The predicted molar refractivity (Wildman–Crippen MR) is 142 cm³/mol. The molecule has 2 aromatic rings. The fourth-order valence-corrected chi connectivity index (χ4v) is 6.02. The summed E-state index contributed by atoms with van der Waals surface area (Å²) in [7, 11) is 1.61. The van der Waals surface area contributed by atoms with E-state index in [4.69, 9.17) is 4.74 Å². The molecule has 4 rings (SSSR count). The van der Waals surface area contributed by atoms with Crippen LogP contribution in [0.1, 0.15) is 63.1 Å². The molecule has 1 saturated heterocycles. The summed E-state index contributed by atoms with van der Waals surface area (Å²) in [6, 6.07) is 10.1. The highest BCUT2D eigenvalue weighted by Gasteiger charge is 2.38. The lowest BCUT2D eigenvalue weighted by Gasteiger charge is -2.47. The summed E-state index contributed by atoms with van der Waals surface area (Å²) < 4.78 is 5.72. The van der Waals surface area contributed by atoms with Gasteiger partial charge in [0, 0.05) is 41.5 Å². The number of nitro groups is 1. The van der Waals surface area contributed by atoms with Crippen LogP contribution in [0.3, 0.4) is 0 Å². The van der Waals surface area contributed by atoms with E-state index in [2.05, 4.69) is 38.7 Å². The lowest BCUT2D eigenvalue weighted by molar-refractivity contribution is -0.384. The van der Waals surface area contributed by atoms with Crippen molar-refractivity contribution in [2.45, 2.75) is 58.5 Å². The zero-order valence-electron chi connectivity index (χ0n) is 21.2. The van der Waals surface area contributed by atoms with Crippen molar-refractivity contribution in [2.75, 3.05) is 18.6 Å². The Kier molecular flexibility index (Phi) is 7.13. The molecule has 2 amide bonds. The minimum atomic E-state index is -0.497. The molecule has 0 radical (unpaired) electrons. The topological polar surface area (TPSA) is 93.0 Å². The number of anilines is 1. The van der Waals surface area contributed by atoms with Gasteiger partial charge in [-0.1, -0.05) is 26.0 Å². The summed E-state index contributed by atoms with van der Waals surface area (Å²) in [6.07, 6.45) is 3.75. The third-order valence-corrected chi connectivity index (χ3v) is 7.71. The molecule has 2 aliphatic heterocycles. The smallest absolute Gasteiger partial charge is 0.293 e. The molecule has 1 fully saturated rings. The zero-order chi connectivity index (χ0) is 26.2. The lowest BCUT2D eigenvalue weighted by Crippen LogP contribution is -2.48. The molecule has 0 spiro atoms. The van der Waals surface area contributed by atoms with Gasteiger partial charge in [-0.15, -0.1) is 0 Å². The summed E-state index contributed by atoms with van der Waals surface area (Å²) >= 11 is 0.871. The van der Waals surface area contributed by atoms with Gasteiger partial charge in [0.15, 0.2) is 0 Å². The van der Waals surface area contributed by atoms with Crippen molar-refractivity contribution in [3.63, 3.8) is 0 Å². The first-order valence-corrected chi connectivity index (χ1v) is 12.9. The van der Waals surface area contributed by atoms with Crippen LogP contribution < -0.4 is 9.64 Å². The number of ether oxygens (including phenoxy) is 1. The van der Waals surface area contributed by atoms with Crippen LogP contribution >= 0.6 is 11.8 Å². The van der Waals surface area contributed by atoms with E-state index in [1.54, 1.807) is 25.3 Å². The first-order valence-electron chi connectivity index (χ1n) is 12.0. The average molecular weight is 510 g/mol. The molecule has 0 N–H and O–H groups in total. The van der Waals surface area contributed by atoms with Crippen molar-refractivity contribution in [1.82, 2.24) is 4.90 Å². The number of hydrogen-bond acceptors (Lipinski definition) is 7. The van der Waals surface area contributed by atoms with Crippen molar-refractivity contribution in [2.24, 2.45) is 0 Å². The zero-order valence-corrected chi connectivity index (χ0v) is 22.1. The summed E-state index contributed by atoms with van der Waals surface area (Å²) in [5.74, 6) is 0.549. The van der Waals surface area contributed by atoms with Crippen molar-refractivity contribution in [3.8, 4) is 5.75 Å². The molecule has 9 heteroatoms. The number of fused-ring (bicyclic) bond motifs is 1. The monoisotopic (exact) mass is 509 g/mol. The van der Waals surface area contributed by atoms with E-state index >= 15 is 0 Å². The normalized spacial score (nSPS) is 20.1. The number of nitrogens with zero attached hydrogens (tertiary/aromatic N) is 3. The van der Waals surface area contributed by atoms with Crippen LogP contribution in [0.15, 0.2) is 41.3 Å². The van der Waals surface area contributed by atoms with E-state index in [0.717, 1.165) is 47.3 Å². The summed E-state index contributed by atoms with van der Waals surface area (Å²) in [4.78, 5) is 40.3. The number of imide groups is 1. The number of thioether (sulfide) groups is 1. The van der Waals surface area contributed by atoms with Crippen LogP contribution in [-0.2, 0) is 11.3 Å². The second kappa shape index (κ2) is 9.97. The van der Waals surface area contributed by atoms with E-state index < -0.39 is 16.1 Å². The van der Waals surface area contributed by atoms with Crippen molar-refractivity contribution in [1.29, 1.82) is 0 Å². The maximum atomic E-state index is 13.2. The maximum absolute atomic E-state index is 13.2. The summed E-state index contributed by atoms with van der Waals surface area (Å²) in [5.41, 5.74) is 3.55. The van der Waals surface area contributed by atoms with Crippen LogP contribution in [0.2, 0.25) is 0 Å². The molecule has 2 aliphatic rings. The highest BCUT2D eigenvalue weighted by atomic mass is 32.2. The van der Waals surface area contributed by atoms with Crippen LogP contribution in [-0.4, -0.2) is 40.2 Å². The van der Waals surface area contributed by atoms with Crippen LogP contribution in [0.25, 0.3) is 6.08 Å². The minimum Gasteiger partial charge on any atom is -0.496 e. The van der Waals surface area contributed by atoms with Crippen LogP contribution in [0.4, 0.5) is 16.2 Å². The molecule has 0 saturated carbocycles. The van der Waals surface area contributed by atoms with Crippen molar-refractivity contribution < 1.29 is 19.2 Å². The highest BCUT2D eigenvalue weighted by molar-refractivity contribution is 8.18. The van der Waals surface area contributed by atoms with Gasteiger partial charge in [-0.05, 0) is 67.6 Å². The number of amides is 2. The molecule has 8 nitrogen and oxygen atoms in total. The van der Waals surface area contributed by atoms with Gasteiger partial charge in [0.1, 0.15) is 5.75 Å². The second-order valence-corrected chi connectivity index (χ2v) is 10.9. The Labute approximate surface area is 215 Å².